The third-order valence-electron chi connectivity index (χ3n) is 3.87. The van der Waals surface area contributed by atoms with Gasteiger partial charge >= 0.3 is 5.97 Å². The number of hydrogen-bond donors (Lipinski definition) is 1. The highest BCUT2D eigenvalue weighted by atomic mass is 79.9. The van der Waals surface area contributed by atoms with E-state index in [0.29, 0.717) is 23.4 Å². The van der Waals surface area contributed by atoms with Crippen LogP contribution < -0.4 is 0 Å². The average molecular weight is 376 g/mol. The molecule has 1 aliphatic rings. The monoisotopic (exact) mass is 374 g/mol. The van der Waals surface area contributed by atoms with Gasteiger partial charge in [0.1, 0.15) is 11.2 Å². The summed E-state index contributed by atoms with van der Waals surface area (Å²) >= 11 is 9.21. The number of hydrogen-bond acceptors (Lipinski definition) is 3. The molecular weight excluding hydrogens is 360 g/mol. The molecule has 2 atom stereocenters. The highest BCUT2D eigenvalue weighted by Crippen LogP contribution is 2.28. The number of halogens is 2. The van der Waals surface area contributed by atoms with E-state index in [-0.39, 0.29) is 16.6 Å². The molecule has 1 amide bonds. The van der Waals surface area contributed by atoms with Crippen molar-refractivity contribution in [3.8, 4) is 0 Å². The number of aliphatic carboxylic acids is 1. The number of carbonyl (C=O) groups is 2. The van der Waals surface area contributed by atoms with E-state index in [2.05, 4.69) is 20.9 Å². The molecule has 21 heavy (non-hydrogen) atoms. The Morgan fingerprint density at radius 2 is 2.29 bits per heavy atom. The van der Waals surface area contributed by atoms with E-state index in [0.717, 1.165) is 12.8 Å². The van der Waals surface area contributed by atoms with E-state index >= 15 is 0 Å². The number of amides is 1. The predicted molar refractivity (Wildman–Crippen MR) is 82.4 cm³/mol. The number of aromatic nitrogens is 1. The summed E-state index contributed by atoms with van der Waals surface area (Å²) < 4.78 is 0.630. The first-order valence-corrected chi connectivity index (χ1v) is 7.96. The van der Waals surface area contributed by atoms with E-state index in [1.54, 1.807) is 6.07 Å². The molecule has 2 rings (SSSR count). The third kappa shape index (κ3) is 3.55. The molecule has 2 heterocycles. The molecule has 0 aromatic carbocycles. The number of nitrogens with zero attached hydrogens (tertiary/aromatic N) is 2. The van der Waals surface area contributed by atoms with Crippen LogP contribution in [0.15, 0.2) is 16.7 Å². The molecule has 1 fully saturated rings. The molecule has 5 nitrogen and oxygen atoms in total. The standard InChI is InChI=1S/C14H16BrClN2O3/c1-2-8-3-4-18(11(5-8)14(20)21)13(19)10-6-9(15)7-17-12(10)16/h6-8,11H,2-5H2,1H3,(H,20,21). The lowest BCUT2D eigenvalue weighted by Gasteiger charge is -2.37. The first kappa shape index (κ1) is 16.2. The minimum Gasteiger partial charge on any atom is -0.480 e. The van der Waals surface area contributed by atoms with Gasteiger partial charge in [0, 0.05) is 17.2 Å². The molecule has 0 spiro atoms. The number of likely N-dealkylation sites (tertiary alicyclic amines) is 1. The molecule has 1 aromatic rings. The highest BCUT2D eigenvalue weighted by Gasteiger charge is 2.36. The van der Waals surface area contributed by atoms with Gasteiger partial charge in [0.25, 0.3) is 5.91 Å². The lowest BCUT2D eigenvalue weighted by atomic mass is 9.88. The maximum absolute atomic E-state index is 12.6. The van der Waals surface area contributed by atoms with Crippen molar-refractivity contribution in [2.24, 2.45) is 5.92 Å². The topological polar surface area (TPSA) is 70.5 Å². The smallest absolute Gasteiger partial charge is 0.326 e. The van der Waals surface area contributed by atoms with Gasteiger partial charge in [-0.3, -0.25) is 4.79 Å². The van der Waals surface area contributed by atoms with Crippen molar-refractivity contribution < 1.29 is 14.7 Å². The van der Waals surface area contributed by atoms with Crippen LogP contribution in [0, 0.1) is 5.92 Å². The van der Waals surface area contributed by atoms with Crippen LogP contribution in [0.5, 0.6) is 0 Å². The van der Waals surface area contributed by atoms with E-state index in [9.17, 15) is 14.7 Å². The maximum Gasteiger partial charge on any atom is 0.326 e. The van der Waals surface area contributed by atoms with Gasteiger partial charge in [0.15, 0.2) is 0 Å². The average Bonchev–Trinajstić information content (AvgIpc) is 2.48. The first-order valence-electron chi connectivity index (χ1n) is 6.78. The van der Waals surface area contributed by atoms with Crippen LogP contribution in [0.4, 0.5) is 0 Å². The lowest BCUT2D eigenvalue weighted by molar-refractivity contribution is -0.144. The summed E-state index contributed by atoms with van der Waals surface area (Å²) in [6.45, 7) is 2.47. The molecule has 0 bridgehead atoms. The summed E-state index contributed by atoms with van der Waals surface area (Å²) in [5, 5.41) is 9.48. The molecule has 1 aromatic heterocycles. The minimum atomic E-state index is -0.972. The third-order valence-corrected chi connectivity index (χ3v) is 4.61. The summed E-state index contributed by atoms with van der Waals surface area (Å²) in [7, 11) is 0. The summed E-state index contributed by atoms with van der Waals surface area (Å²) in [6.07, 6.45) is 3.71. The summed E-state index contributed by atoms with van der Waals surface area (Å²) in [6, 6.07) is 0.772. The maximum atomic E-state index is 12.6. The summed E-state index contributed by atoms with van der Waals surface area (Å²) in [5.74, 6) is -1.01. The second kappa shape index (κ2) is 6.75. The minimum absolute atomic E-state index is 0.0879. The van der Waals surface area contributed by atoms with Crippen LogP contribution in [0.3, 0.4) is 0 Å². The molecule has 1 N–H and O–H groups in total. The normalized spacial score (nSPS) is 22.1. The van der Waals surface area contributed by atoms with Crippen molar-refractivity contribution in [1.82, 2.24) is 9.88 Å². The zero-order valence-corrected chi connectivity index (χ0v) is 13.9. The van der Waals surface area contributed by atoms with Crippen molar-refractivity contribution in [3.63, 3.8) is 0 Å². The zero-order chi connectivity index (χ0) is 15.6. The second-order valence-electron chi connectivity index (χ2n) is 5.14. The molecule has 7 heteroatoms. The Kier molecular flexibility index (Phi) is 5.22. The van der Waals surface area contributed by atoms with Gasteiger partial charge in [-0.05, 0) is 40.8 Å². The van der Waals surface area contributed by atoms with E-state index in [1.165, 1.54) is 11.1 Å². The van der Waals surface area contributed by atoms with Crippen molar-refractivity contribution >= 4 is 39.4 Å². The summed E-state index contributed by atoms with van der Waals surface area (Å²) in [4.78, 5) is 29.4. The van der Waals surface area contributed by atoms with Gasteiger partial charge in [-0.15, -0.1) is 0 Å². The Labute approximate surface area is 136 Å². The Morgan fingerprint density at radius 1 is 1.57 bits per heavy atom. The SMILES string of the molecule is CCC1CCN(C(=O)c2cc(Br)cnc2Cl)C(C(=O)O)C1. The second-order valence-corrected chi connectivity index (χ2v) is 6.42. The number of piperidine rings is 1. The predicted octanol–water partition coefficient (Wildman–Crippen LogP) is 3.21. The van der Waals surface area contributed by atoms with Crippen LogP contribution in [-0.2, 0) is 4.79 Å². The number of carboxylic acids is 1. The number of carbonyl (C=O) groups excluding carboxylic acids is 1. The molecule has 1 aliphatic heterocycles. The van der Waals surface area contributed by atoms with Gasteiger partial charge < -0.3 is 10.0 Å². The van der Waals surface area contributed by atoms with E-state index in [4.69, 9.17) is 11.6 Å². The van der Waals surface area contributed by atoms with E-state index in [1.807, 2.05) is 6.92 Å². The Balaban J connectivity index is 2.28. The zero-order valence-electron chi connectivity index (χ0n) is 11.6. The van der Waals surface area contributed by atoms with Gasteiger partial charge in [0.05, 0.1) is 5.56 Å². The molecule has 0 aliphatic carbocycles. The highest BCUT2D eigenvalue weighted by molar-refractivity contribution is 9.10. The fraction of sp³-hybridized carbons (Fsp3) is 0.500. The Bertz CT molecular complexity index is 567. The van der Waals surface area contributed by atoms with Crippen LogP contribution in [0.1, 0.15) is 36.5 Å². The van der Waals surface area contributed by atoms with Crippen molar-refractivity contribution in [2.75, 3.05) is 6.54 Å². The van der Waals surface area contributed by atoms with Crippen LogP contribution in [-0.4, -0.2) is 39.5 Å². The quantitative estimate of drug-likeness (QED) is 0.824. The Morgan fingerprint density at radius 3 is 2.90 bits per heavy atom. The van der Waals surface area contributed by atoms with Crippen LogP contribution in [0.2, 0.25) is 5.15 Å². The van der Waals surface area contributed by atoms with Crippen molar-refractivity contribution in [1.29, 1.82) is 0 Å². The molecular formula is C14H16BrClN2O3. The largest absolute Gasteiger partial charge is 0.480 e. The fourth-order valence-electron chi connectivity index (χ4n) is 2.61. The molecule has 0 saturated carbocycles. The molecule has 0 radical (unpaired) electrons. The van der Waals surface area contributed by atoms with E-state index < -0.39 is 12.0 Å². The molecule has 1 saturated heterocycles. The lowest BCUT2D eigenvalue weighted by Crippen LogP contribution is -2.50. The van der Waals surface area contributed by atoms with Crippen LogP contribution >= 0.6 is 27.5 Å². The Hall–Kier alpha value is -1.14. The number of pyridine rings is 1. The van der Waals surface area contributed by atoms with Crippen molar-refractivity contribution in [3.05, 3.63) is 27.5 Å². The number of rotatable bonds is 3. The molecule has 114 valence electrons. The number of carboxylic acid groups (broad SMARTS) is 1. The van der Waals surface area contributed by atoms with Gasteiger partial charge in [-0.25, -0.2) is 9.78 Å². The van der Waals surface area contributed by atoms with Crippen LogP contribution in [0.25, 0.3) is 0 Å². The van der Waals surface area contributed by atoms with Gasteiger partial charge in [-0.2, -0.15) is 0 Å². The summed E-state index contributed by atoms with van der Waals surface area (Å²) in [5.41, 5.74) is 0.229. The van der Waals surface area contributed by atoms with Gasteiger partial charge in [-0.1, -0.05) is 24.9 Å². The first-order chi connectivity index (χ1) is 9.93. The van der Waals surface area contributed by atoms with Crippen molar-refractivity contribution in [2.45, 2.75) is 32.2 Å². The molecule has 2 unspecified atom stereocenters. The van der Waals surface area contributed by atoms with Gasteiger partial charge in [0.2, 0.25) is 0 Å². The fourth-order valence-corrected chi connectivity index (χ4v) is 3.13.